The van der Waals surface area contributed by atoms with Crippen molar-refractivity contribution in [1.82, 2.24) is 5.32 Å². The van der Waals surface area contributed by atoms with Gasteiger partial charge in [0.25, 0.3) is 5.91 Å². The first kappa shape index (κ1) is 23.5. The molecule has 1 amide bonds. The molecule has 5 rings (SSSR count). The molecule has 0 aliphatic carbocycles. The lowest BCUT2D eigenvalue weighted by atomic mass is 9.94. The summed E-state index contributed by atoms with van der Waals surface area (Å²) in [7, 11) is 1.37. The second kappa shape index (κ2) is 9.77. The van der Waals surface area contributed by atoms with Crippen molar-refractivity contribution in [2.75, 3.05) is 12.4 Å². The number of amides is 1. The molecule has 0 radical (unpaired) electrons. The van der Waals surface area contributed by atoms with Crippen molar-refractivity contribution in [1.29, 1.82) is 0 Å². The van der Waals surface area contributed by atoms with Gasteiger partial charge in [0.15, 0.2) is 0 Å². The number of carbonyl (C=O) groups is 2. The lowest BCUT2D eigenvalue weighted by molar-refractivity contribution is -0.143. The van der Waals surface area contributed by atoms with Gasteiger partial charge in [0.2, 0.25) is 6.10 Å². The maximum absolute atomic E-state index is 12.8. The zero-order valence-corrected chi connectivity index (χ0v) is 20.3. The van der Waals surface area contributed by atoms with Gasteiger partial charge in [0.05, 0.1) is 22.8 Å². The number of nitrogens with one attached hydrogen (secondary N) is 2. The third-order valence-electron chi connectivity index (χ3n) is 6.06. The first-order chi connectivity index (χ1) is 16.9. The van der Waals surface area contributed by atoms with Crippen LogP contribution < -0.4 is 20.1 Å². The quantitative estimate of drug-likeness (QED) is 0.476. The molecule has 2 atom stereocenters. The topological polar surface area (TPSA) is 85.9 Å². The SMILES string of the molecule is COC(=O)C1Cc2cc3c(cc2CN1)OC(c1ccc(OCc2ccc(Cl)c(Cl)c2)cc1)C(=O)N3. The second-order valence-electron chi connectivity index (χ2n) is 8.37. The van der Waals surface area contributed by atoms with Gasteiger partial charge >= 0.3 is 5.97 Å². The molecular weight excluding hydrogens is 491 g/mol. The van der Waals surface area contributed by atoms with E-state index in [1.807, 2.05) is 18.2 Å². The fraction of sp³-hybridized carbons (Fsp3) is 0.231. The van der Waals surface area contributed by atoms with Crippen LogP contribution in [0.25, 0.3) is 0 Å². The predicted octanol–water partition coefficient (Wildman–Crippen LogP) is 4.83. The minimum atomic E-state index is -0.788. The van der Waals surface area contributed by atoms with Crippen molar-refractivity contribution in [2.45, 2.75) is 31.7 Å². The maximum Gasteiger partial charge on any atom is 0.323 e. The summed E-state index contributed by atoms with van der Waals surface area (Å²) < 4.78 is 16.7. The van der Waals surface area contributed by atoms with Crippen LogP contribution >= 0.6 is 23.2 Å². The Kier molecular flexibility index (Phi) is 6.56. The van der Waals surface area contributed by atoms with E-state index in [-0.39, 0.29) is 11.9 Å². The smallest absolute Gasteiger partial charge is 0.323 e. The lowest BCUT2D eigenvalue weighted by Crippen LogP contribution is -2.42. The fourth-order valence-electron chi connectivity index (χ4n) is 4.18. The van der Waals surface area contributed by atoms with Gasteiger partial charge in [-0.05, 0) is 59.5 Å². The second-order valence-corrected chi connectivity index (χ2v) is 9.19. The summed E-state index contributed by atoms with van der Waals surface area (Å²) in [5.74, 6) is 0.668. The third kappa shape index (κ3) is 4.93. The minimum Gasteiger partial charge on any atom is -0.489 e. The van der Waals surface area contributed by atoms with E-state index in [4.69, 9.17) is 37.4 Å². The Hall–Kier alpha value is -3.26. The number of fused-ring (bicyclic) bond motifs is 2. The molecule has 0 fully saturated rings. The summed E-state index contributed by atoms with van der Waals surface area (Å²) >= 11 is 12.0. The molecule has 0 spiro atoms. The lowest BCUT2D eigenvalue weighted by Gasteiger charge is -2.30. The first-order valence-electron chi connectivity index (χ1n) is 11.0. The van der Waals surface area contributed by atoms with Crippen LogP contribution in [-0.4, -0.2) is 25.0 Å². The van der Waals surface area contributed by atoms with Crippen LogP contribution in [0.3, 0.4) is 0 Å². The molecule has 0 aromatic heterocycles. The van der Waals surface area contributed by atoms with Crippen LogP contribution in [0.2, 0.25) is 10.0 Å². The highest BCUT2D eigenvalue weighted by Crippen LogP contribution is 2.38. The van der Waals surface area contributed by atoms with Gasteiger partial charge in [-0.1, -0.05) is 41.4 Å². The Morgan fingerprint density at radius 2 is 1.86 bits per heavy atom. The van der Waals surface area contributed by atoms with E-state index in [1.54, 1.807) is 36.4 Å². The number of ether oxygens (including phenoxy) is 3. The number of hydrogen-bond acceptors (Lipinski definition) is 6. The number of methoxy groups -OCH3 is 1. The van der Waals surface area contributed by atoms with E-state index in [9.17, 15) is 9.59 Å². The normalized spacial score (nSPS) is 18.5. The third-order valence-corrected chi connectivity index (χ3v) is 6.80. The van der Waals surface area contributed by atoms with Crippen molar-refractivity contribution in [3.63, 3.8) is 0 Å². The van der Waals surface area contributed by atoms with E-state index in [2.05, 4.69) is 10.6 Å². The predicted molar refractivity (Wildman–Crippen MR) is 132 cm³/mol. The molecule has 0 saturated heterocycles. The van der Waals surface area contributed by atoms with E-state index in [0.717, 1.165) is 16.7 Å². The number of benzene rings is 3. The Labute approximate surface area is 212 Å². The average Bonchev–Trinajstić information content (AvgIpc) is 2.87. The van der Waals surface area contributed by atoms with Crippen LogP contribution in [0.4, 0.5) is 5.69 Å². The highest BCUT2D eigenvalue weighted by atomic mass is 35.5. The molecule has 180 valence electrons. The molecule has 3 aromatic rings. The summed E-state index contributed by atoms with van der Waals surface area (Å²) in [6.45, 7) is 0.842. The van der Waals surface area contributed by atoms with Crippen molar-refractivity contribution in [3.8, 4) is 11.5 Å². The molecule has 3 aromatic carbocycles. The molecule has 0 saturated carbocycles. The van der Waals surface area contributed by atoms with Gasteiger partial charge < -0.3 is 24.8 Å². The molecule has 35 heavy (non-hydrogen) atoms. The Balaban J connectivity index is 1.27. The Morgan fingerprint density at radius 3 is 2.60 bits per heavy atom. The maximum atomic E-state index is 12.8. The minimum absolute atomic E-state index is 0.264. The van der Waals surface area contributed by atoms with Crippen molar-refractivity contribution in [3.05, 3.63) is 86.9 Å². The van der Waals surface area contributed by atoms with Gasteiger partial charge in [-0.3, -0.25) is 9.59 Å². The number of rotatable bonds is 5. The van der Waals surface area contributed by atoms with Gasteiger partial charge in [-0.25, -0.2) is 0 Å². The Morgan fingerprint density at radius 1 is 1.06 bits per heavy atom. The molecule has 2 N–H and O–H groups in total. The van der Waals surface area contributed by atoms with E-state index in [0.29, 0.717) is 52.4 Å². The standard InChI is InChI=1S/C26H22Cl2N2O5/c1-33-26(32)22-10-16-9-21-23(11-17(16)12-29-22)35-24(25(31)30-21)15-3-5-18(6-4-15)34-13-14-2-7-19(27)20(28)8-14/h2-9,11,22,24,29H,10,12-13H2,1H3,(H,30,31). The van der Waals surface area contributed by atoms with E-state index < -0.39 is 12.1 Å². The summed E-state index contributed by atoms with van der Waals surface area (Å²) in [4.78, 5) is 24.7. The molecule has 2 unspecified atom stereocenters. The first-order valence-corrected chi connectivity index (χ1v) is 11.8. The summed E-state index contributed by atoms with van der Waals surface area (Å²) in [5.41, 5.74) is 4.19. The van der Waals surface area contributed by atoms with Crippen LogP contribution in [0.15, 0.2) is 54.6 Å². The van der Waals surface area contributed by atoms with Gasteiger partial charge in [0, 0.05) is 12.1 Å². The molecule has 2 heterocycles. The van der Waals surface area contributed by atoms with Gasteiger partial charge in [-0.15, -0.1) is 0 Å². The number of hydrogen-bond donors (Lipinski definition) is 2. The van der Waals surface area contributed by atoms with E-state index >= 15 is 0 Å². The number of esters is 1. The van der Waals surface area contributed by atoms with Crippen LogP contribution in [-0.2, 0) is 33.9 Å². The van der Waals surface area contributed by atoms with Gasteiger partial charge in [0.1, 0.15) is 24.1 Å². The zero-order chi connectivity index (χ0) is 24.5. The molecule has 0 bridgehead atoms. The number of halogens is 2. The molecule has 2 aliphatic rings. The number of anilines is 1. The van der Waals surface area contributed by atoms with Crippen LogP contribution in [0, 0.1) is 0 Å². The molecule has 2 aliphatic heterocycles. The average molecular weight is 513 g/mol. The Bertz CT molecular complexity index is 1300. The monoisotopic (exact) mass is 512 g/mol. The highest BCUT2D eigenvalue weighted by Gasteiger charge is 2.32. The largest absolute Gasteiger partial charge is 0.489 e. The molecule has 7 nitrogen and oxygen atoms in total. The summed E-state index contributed by atoms with van der Waals surface area (Å²) in [5, 5.41) is 7.08. The molecule has 9 heteroatoms. The van der Waals surface area contributed by atoms with Gasteiger partial charge in [-0.2, -0.15) is 0 Å². The summed E-state index contributed by atoms with van der Waals surface area (Å²) in [6, 6.07) is 15.9. The van der Waals surface area contributed by atoms with Crippen molar-refractivity contribution < 1.29 is 23.8 Å². The molecular formula is C26H22Cl2N2O5. The fourth-order valence-corrected chi connectivity index (χ4v) is 4.50. The highest BCUT2D eigenvalue weighted by molar-refractivity contribution is 6.42. The number of carbonyl (C=O) groups excluding carboxylic acids is 2. The van der Waals surface area contributed by atoms with Crippen LogP contribution in [0.5, 0.6) is 11.5 Å². The van der Waals surface area contributed by atoms with E-state index in [1.165, 1.54) is 7.11 Å². The summed E-state index contributed by atoms with van der Waals surface area (Å²) in [6.07, 6.45) is -0.304. The van der Waals surface area contributed by atoms with Crippen molar-refractivity contribution >= 4 is 40.8 Å². The zero-order valence-electron chi connectivity index (χ0n) is 18.8. The van der Waals surface area contributed by atoms with Crippen molar-refractivity contribution in [2.24, 2.45) is 0 Å². The van der Waals surface area contributed by atoms with Crippen LogP contribution in [0.1, 0.15) is 28.4 Å².